The SMILES string of the molecule is CC(=NNC(=O)C(=O)Nc1ccc(CC#N)cc1)c1ccccc1OC(=O)c1ccc([N+](=O)[O-])cc1. The van der Waals surface area contributed by atoms with Gasteiger partial charge in [-0.1, -0.05) is 24.3 Å². The molecule has 2 N–H and O–H groups in total. The summed E-state index contributed by atoms with van der Waals surface area (Å²) in [5.74, 6) is -2.57. The average Bonchev–Trinajstić information content (AvgIpc) is 2.88. The van der Waals surface area contributed by atoms with Crippen molar-refractivity contribution in [1.82, 2.24) is 5.43 Å². The van der Waals surface area contributed by atoms with Gasteiger partial charge in [-0.05, 0) is 48.9 Å². The van der Waals surface area contributed by atoms with E-state index in [0.29, 0.717) is 11.3 Å². The highest BCUT2D eigenvalue weighted by molar-refractivity contribution is 6.39. The van der Waals surface area contributed by atoms with Crippen LogP contribution in [0.1, 0.15) is 28.4 Å². The summed E-state index contributed by atoms with van der Waals surface area (Å²) in [4.78, 5) is 47.0. The first-order valence-electron chi connectivity index (χ1n) is 10.5. The topological polar surface area (TPSA) is 164 Å². The number of nitro groups is 1. The fourth-order valence-electron chi connectivity index (χ4n) is 2.96. The Balaban J connectivity index is 1.65. The fourth-order valence-corrected chi connectivity index (χ4v) is 2.96. The molecule has 11 nitrogen and oxygen atoms in total. The van der Waals surface area contributed by atoms with E-state index in [1.807, 2.05) is 6.07 Å². The van der Waals surface area contributed by atoms with Crippen molar-refractivity contribution in [1.29, 1.82) is 5.26 Å². The van der Waals surface area contributed by atoms with E-state index in [2.05, 4.69) is 15.8 Å². The molecule has 0 heterocycles. The molecule has 3 aromatic rings. The van der Waals surface area contributed by atoms with Crippen LogP contribution in [0.5, 0.6) is 5.75 Å². The van der Waals surface area contributed by atoms with Crippen molar-refractivity contribution in [3.05, 3.63) is 99.6 Å². The maximum atomic E-state index is 12.5. The Hall–Kier alpha value is -5.37. The van der Waals surface area contributed by atoms with E-state index in [1.54, 1.807) is 49.4 Å². The summed E-state index contributed by atoms with van der Waals surface area (Å²) in [6, 6.07) is 19.8. The summed E-state index contributed by atoms with van der Waals surface area (Å²) < 4.78 is 5.41. The van der Waals surface area contributed by atoms with Gasteiger partial charge in [0, 0.05) is 23.4 Å². The van der Waals surface area contributed by atoms with Crippen LogP contribution in [0, 0.1) is 21.4 Å². The normalized spacial score (nSPS) is 10.6. The number of nitro benzene ring substituents is 1. The fraction of sp³-hybridized carbons (Fsp3) is 0.0800. The lowest BCUT2D eigenvalue weighted by molar-refractivity contribution is -0.384. The van der Waals surface area contributed by atoms with Gasteiger partial charge in [-0.3, -0.25) is 19.7 Å². The molecule has 0 fully saturated rings. The van der Waals surface area contributed by atoms with Crippen LogP contribution in [0.4, 0.5) is 11.4 Å². The number of esters is 1. The number of para-hydroxylation sites is 1. The third-order valence-corrected chi connectivity index (χ3v) is 4.82. The van der Waals surface area contributed by atoms with Crippen LogP contribution >= 0.6 is 0 Å². The minimum Gasteiger partial charge on any atom is -0.422 e. The van der Waals surface area contributed by atoms with Gasteiger partial charge in [-0.15, -0.1) is 0 Å². The van der Waals surface area contributed by atoms with Crippen molar-refractivity contribution in [2.75, 3.05) is 5.32 Å². The van der Waals surface area contributed by atoms with E-state index in [0.717, 1.165) is 5.56 Å². The first kappa shape index (κ1) is 25.3. The Labute approximate surface area is 205 Å². The molecule has 36 heavy (non-hydrogen) atoms. The maximum Gasteiger partial charge on any atom is 0.343 e. The molecule has 3 rings (SSSR count). The summed E-state index contributed by atoms with van der Waals surface area (Å²) >= 11 is 0. The van der Waals surface area contributed by atoms with Crippen molar-refractivity contribution < 1.29 is 24.0 Å². The van der Waals surface area contributed by atoms with Crippen LogP contribution in [0.25, 0.3) is 0 Å². The van der Waals surface area contributed by atoms with Crippen molar-refractivity contribution in [2.45, 2.75) is 13.3 Å². The van der Waals surface area contributed by atoms with Crippen LogP contribution in [-0.4, -0.2) is 28.4 Å². The number of nitrogens with one attached hydrogen (secondary N) is 2. The van der Waals surface area contributed by atoms with Crippen LogP contribution in [0.15, 0.2) is 77.9 Å². The van der Waals surface area contributed by atoms with Crippen LogP contribution in [-0.2, 0) is 16.0 Å². The Morgan fingerprint density at radius 1 is 1.00 bits per heavy atom. The smallest absolute Gasteiger partial charge is 0.343 e. The first-order chi connectivity index (χ1) is 17.3. The van der Waals surface area contributed by atoms with Crippen molar-refractivity contribution in [3.63, 3.8) is 0 Å². The summed E-state index contributed by atoms with van der Waals surface area (Å²) in [6.07, 6.45) is 0.230. The second kappa shape index (κ2) is 11.7. The average molecular weight is 485 g/mol. The number of rotatable bonds is 7. The third kappa shape index (κ3) is 6.58. The second-order valence-corrected chi connectivity index (χ2v) is 7.31. The highest BCUT2D eigenvalue weighted by Gasteiger charge is 2.16. The van der Waals surface area contributed by atoms with Crippen LogP contribution < -0.4 is 15.5 Å². The first-order valence-corrected chi connectivity index (χ1v) is 10.5. The highest BCUT2D eigenvalue weighted by Crippen LogP contribution is 2.21. The molecule has 0 radical (unpaired) electrons. The molecule has 0 spiro atoms. The number of hydrogen-bond acceptors (Lipinski definition) is 8. The summed E-state index contributed by atoms with van der Waals surface area (Å²) in [5.41, 5.74) is 3.87. The third-order valence-electron chi connectivity index (χ3n) is 4.82. The lowest BCUT2D eigenvalue weighted by Crippen LogP contribution is -2.33. The summed E-state index contributed by atoms with van der Waals surface area (Å²) in [6.45, 7) is 1.55. The quantitative estimate of drug-likeness (QED) is 0.129. The number of hydrogen-bond donors (Lipinski definition) is 2. The molecular weight excluding hydrogens is 466 g/mol. The number of carbonyl (C=O) groups is 3. The minimum atomic E-state index is -1.02. The summed E-state index contributed by atoms with van der Waals surface area (Å²) in [7, 11) is 0. The number of nitrogens with zero attached hydrogens (tertiary/aromatic N) is 3. The van der Waals surface area contributed by atoms with Gasteiger partial charge >= 0.3 is 17.8 Å². The maximum absolute atomic E-state index is 12.5. The molecule has 0 aliphatic rings. The van der Waals surface area contributed by atoms with Crippen LogP contribution in [0.2, 0.25) is 0 Å². The Morgan fingerprint density at radius 3 is 2.31 bits per heavy atom. The number of ether oxygens (including phenoxy) is 1. The van der Waals surface area contributed by atoms with E-state index >= 15 is 0 Å². The number of amides is 2. The zero-order valence-corrected chi connectivity index (χ0v) is 18.9. The van der Waals surface area contributed by atoms with E-state index < -0.39 is 22.7 Å². The monoisotopic (exact) mass is 485 g/mol. The molecule has 0 aliphatic heterocycles. The van der Waals surface area contributed by atoms with Crippen molar-refractivity contribution in [2.24, 2.45) is 5.10 Å². The lowest BCUT2D eigenvalue weighted by Gasteiger charge is -2.10. The van der Waals surface area contributed by atoms with Gasteiger partial charge in [-0.25, -0.2) is 10.2 Å². The minimum absolute atomic E-state index is 0.107. The van der Waals surface area contributed by atoms with Gasteiger partial charge in [0.15, 0.2) is 0 Å². The Kier molecular flexibility index (Phi) is 8.18. The van der Waals surface area contributed by atoms with E-state index in [-0.39, 0.29) is 29.1 Å². The van der Waals surface area contributed by atoms with Gasteiger partial charge in [0.1, 0.15) is 5.75 Å². The molecule has 0 bridgehead atoms. The molecule has 0 atom stereocenters. The summed E-state index contributed by atoms with van der Waals surface area (Å²) in [5, 5.41) is 25.8. The molecule has 180 valence electrons. The number of benzene rings is 3. The second-order valence-electron chi connectivity index (χ2n) is 7.31. The van der Waals surface area contributed by atoms with Crippen molar-refractivity contribution in [3.8, 4) is 11.8 Å². The lowest BCUT2D eigenvalue weighted by atomic mass is 10.1. The molecule has 3 aromatic carbocycles. The van der Waals surface area contributed by atoms with Gasteiger partial charge in [0.05, 0.1) is 28.7 Å². The predicted molar refractivity (Wildman–Crippen MR) is 129 cm³/mol. The van der Waals surface area contributed by atoms with Gasteiger partial charge < -0.3 is 10.1 Å². The predicted octanol–water partition coefficient (Wildman–Crippen LogP) is 3.36. The van der Waals surface area contributed by atoms with E-state index in [9.17, 15) is 24.5 Å². The molecule has 0 aromatic heterocycles. The standard InChI is InChI=1S/C25H19N5O6/c1-16(28-29-24(32)23(31)27-19-10-6-17(7-11-19)14-15-26)21-4-2-3-5-22(21)36-25(33)18-8-12-20(13-9-18)30(34)35/h2-13H,14H2,1H3,(H,27,31)(H,29,32). The number of hydrazone groups is 1. The van der Waals surface area contributed by atoms with Gasteiger partial charge in [0.25, 0.3) is 5.69 Å². The van der Waals surface area contributed by atoms with Crippen molar-refractivity contribution >= 4 is 34.9 Å². The number of carbonyl (C=O) groups excluding carboxylic acids is 3. The largest absolute Gasteiger partial charge is 0.422 e. The Bertz CT molecular complexity index is 1380. The molecular formula is C25H19N5O6. The number of non-ortho nitro benzene ring substituents is 1. The molecule has 0 saturated heterocycles. The molecule has 11 heteroatoms. The molecule has 0 unspecified atom stereocenters. The van der Waals surface area contributed by atoms with Crippen LogP contribution in [0.3, 0.4) is 0 Å². The van der Waals surface area contributed by atoms with Gasteiger partial charge in [-0.2, -0.15) is 10.4 Å². The highest BCUT2D eigenvalue weighted by atomic mass is 16.6. The zero-order chi connectivity index (χ0) is 26.1. The molecule has 0 saturated carbocycles. The Morgan fingerprint density at radius 2 is 1.67 bits per heavy atom. The van der Waals surface area contributed by atoms with Gasteiger partial charge in [0.2, 0.25) is 0 Å². The zero-order valence-electron chi connectivity index (χ0n) is 18.9. The molecule has 2 amide bonds. The van der Waals surface area contributed by atoms with E-state index in [1.165, 1.54) is 30.3 Å². The van der Waals surface area contributed by atoms with E-state index in [4.69, 9.17) is 10.00 Å². The number of anilines is 1. The number of nitriles is 1. The molecule has 0 aliphatic carbocycles.